The van der Waals surface area contributed by atoms with Crippen LogP contribution in [0.4, 0.5) is 0 Å². The van der Waals surface area contributed by atoms with Crippen molar-refractivity contribution in [3.63, 3.8) is 0 Å². The molecule has 1 aromatic carbocycles. The lowest BCUT2D eigenvalue weighted by Crippen LogP contribution is -2.34. The van der Waals surface area contributed by atoms with E-state index in [4.69, 9.17) is 0 Å². The largest absolute Gasteiger partial charge is 0.481 e. The van der Waals surface area contributed by atoms with Crippen molar-refractivity contribution in [2.45, 2.75) is 31.6 Å². The summed E-state index contributed by atoms with van der Waals surface area (Å²) in [6.07, 6.45) is 0.946. The van der Waals surface area contributed by atoms with Gasteiger partial charge in [0.25, 0.3) is 5.91 Å². The first-order valence-corrected chi connectivity index (χ1v) is 9.20. The van der Waals surface area contributed by atoms with E-state index < -0.39 is 21.2 Å². The standard InChI is InChI=1S/C16H21NO5S/c1-3-10-23(21,22)13-6-4-12(5-7-13)14(18)17-9-8-16(2,11-17)15(19)20/h4-7H,3,8-11H2,1-2H3,(H,19,20)/t16-/m0/s1. The van der Waals surface area contributed by atoms with Crippen LogP contribution >= 0.6 is 0 Å². The minimum atomic E-state index is -3.30. The van der Waals surface area contributed by atoms with Crippen LogP contribution in [0.2, 0.25) is 0 Å². The average Bonchev–Trinajstić information content (AvgIpc) is 2.90. The third-order valence-electron chi connectivity index (χ3n) is 4.21. The van der Waals surface area contributed by atoms with Gasteiger partial charge < -0.3 is 10.0 Å². The normalized spacial score (nSPS) is 21.4. The van der Waals surface area contributed by atoms with E-state index in [0.29, 0.717) is 24.9 Å². The van der Waals surface area contributed by atoms with E-state index in [0.717, 1.165) is 0 Å². The van der Waals surface area contributed by atoms with Gasteiger partial charge in [-0.15, -0.1) is 0 Å². The molecule has 0 saturated carbocycles. The van der Waals surface area contributed by atoms with Gasteiger partial charge in [0, 0.05) is 18.7 Å². The van der Waals surface area contributed by atoms with Gasteiger partial charge in [0.15, 0.2) is 9.84 Å². The molecule has 1 aliphatic heterocycles. The number of carboxylic acids is 1. The molecule has 23 heavy (non-hydrogen) atoms. The molecule has 1 atom stereocenters. The zero-order valence-corrected chi connectivity index (χ0v) is 14.1. The Morgan fingerprint density at radius 1 is 1.26 bits per heavy atom. The monoisotopic (exact) mass is 339 g/mol. The van der Waals surface area contributed by atoms with Crippen LogP contribution in [0, 0.1) is 5.41 Å². The summed E-state index contributed by atoms with van der Waals surface area (Å²) in [5.74, 6) is -1.10. The molecule has 0 spiro atoms. The number of benzene rings is 1. The van der Waals surface area contributed by atoms with E-state index in [1.807, 2.05) is 0 Å². The van der Waals surface area contributed by atoms with Crippen molar-refractivity contribution in [2.24, 2.45) is 5.41 Å². The van der Waals surface area contributed by atoms with Crippen molar-refractivity contribution < 1.29 is 23.1 Å². The van der Waals surface area contributed by atoms with E-state index >= 15 is 0 Å². The zero-order valence-electron chi connectivity index (χ0n) is 13.3. The van der Waals surface area contributed by atoms with E-state index in [1.165, 1.54) is 29.2 Å². The number of aliphatic carboxylic acids is 1. The number of amides is 1. The van der Waals surface area contributed by atoms with Gasteiger partial charge in [-0.2, -0.15) is 0 Å². The van der Waals surface area contributed by atoms with E-state index in [9.17, 15) is 23.1 Å². The number of likely N-dealkylation sites (tertiary alicyclic amines) is 1. The molecule has 126 valence electrons. The molecule has 1 fully saturated rings. The van der Waals surface area contributed by atoms with Crippen molar-refractivity contribution in [1.29, 1.82) is 0 Å². The summed E-state index contributed by atoms with van der Waals surface area (Å²) in [7, 11) is -3.30. The minimum absolute atomic E-state index is 0.0728. The van der Waals surface area contributed by atoms with Crippen LogP contribution < -0.4 is 0 Å². The summed E-state index contributed by atoms with van der Waals surface area (Å²) in [5, 5.41) is 9.21. The SMILES string of the molecule is CCCS(=O)(=O)c1ccc(C(=O)N2CC[C@](C)(C(=O)O)C2)cc1. The Bertz CT molecular complexity index is 710. The maximum atomic E-state index is 12.4. The molecule has 1 saturated heterocycles. The van der Waals surface area contributed by atoms with Crippen molar-refractivity contribution in [2.75, 3.05) is 18.8 Å². The van der Waals surface area contributed by atoms with Gasteiger partial charge in [0.2, 0.25) is 0 Å². The van der Waals surface area contributed by atoms with E-state index in [-0.39, 0.29) is 23.1 Å². The van der Waals surface area contributed by atoms with Crippen LogP contribution in [-0.2, 0) is 14.6 Å². The topological polar surface area (TPSA) is 91.8 Å². The zero-order chi connectivity index (χ0) is 17.3. The van der Waals surface area contributed by atoms with Crippen LogP contribution in [0.15, 0.2) is 29.2 Å². The fraction of sp³-hybridized carbons (Fsp3) is 0.500. The number of hydrogen-bond donors (Lipinski definition) is 1. The number of sulfone groups is 1. The second-order valence-electron chi connectivity index (χ2n) is 6.19. The van der Waals surface area contributed by atoms with Crippen LogP contribution in [-0.4, -0.2) is 49.1 Å². The highest BCUT2D eigenvalue weighted by molar-refractivity contribution is 7.91. The van der Waals surface area contributed by atoms with Gasteiger partial charge in [0.05, 0.1) is 16.1 Å². The first-order chi connectivity index (χ1) is 10.7. The first-order valence-electron chi connectivity index (χ1n) is 7.55. The third-order valence-corrected chi connectivity index (χ3v) is 6.15. The number of nitrogens with zero attached hydrogens (tertiary/aromatic N) is 1. The smallest absolute Gasteiger partial charge is 0.311 e. The van der Waals surface area contributed by atoms with Gasteiger partial charge in [-0.3, -0.25) is 9.59 Å². The summed E-state index contributed by atoms with van der Waals surface area (Å²) in [6.45, 7) is 3.97. The lowest BCUT2D eigenvalue weighted by Gasteiger charge is -2.20. The van der Waals surface area contributed by atoms with Crippen molar-refractivity contribution in [3.05, 3.63) is 29.8 Å². The highest BCUT2D eigenvalue weighted by atomic mass is 32.2. The van der Waals surface area contributed by atoms with Crippen LogP contribution in [0.5, 0.6) is 0 Å². The fourth-order valence-corrected chi connectivity index (χ4v) is 4.01. The molecule has 0 aliphatic carbocycles. The number of carboxylic acid groups (broad SMARTS) is 1. The van der Waals surface area contributed by atoms with Gasteiger partial charge in [-0.1, -0.05) is 6.92 Å². The van der Waals surface area contributed by atoms with Crippen LogP contribution in [0.25, 0.3) is 0 Å². The molecule has 0 bridgehead atoms. The molecular weight excluding hydrogens is 318 g/mol. The Kier molecular flexibility index (Phi) is 4.79. The molecule has 1 aromatic rings. The Balaban J connectivity index is 2.15. The van der Waals surface area contributed by atoms with E-state index in [1.54, 1.807) is 13.8 Å². The highest BCUT2D eigenvalue weighted by Gasteiger charge is 2.42. The van der Waals surface area contributed by atoms with Crippen LogP contribution in [0.3, 0.4) is 0 Å². The second kappa shape index (κ2) is 6.31. The number of carbonyl (C=O) groups is 2. The molecule has 1 heterocycles. The Morgan fingerprint density at radius 2 is 1.87 bits per heavy atom. The summed E-state index contributed by atoms with van der Waals surface area (Å²) in [5.41, 5.74) is -0.546. The lowest BCUT2D eigenvalue weighted by molar-refractivity contribution is -0.147. The molecule has 0 unspecified atom stereocenters. The fourth-order valence-electron chi connectivity index (χ4n) is 2.68. The van der Waals surface area contributed by atoms with Gasteiger partial charge in [-0.25, -0.2) is 8.42 Å². The van der Waals surface area contributed by atoms with Crippen molar-refractivity contribution in [3.8, 4) is 0 Å². The van der Waals surface area contributed by atoms with Crippen molar-refractivity contribution in [1.82, 2.24) is 4.90 Å². The van der Waals surface area contributed by atoms with Gasteiger partial charge in [0.1, 0.15) is 0 Å². The number of hydrogen-bond acceptors (Lipinski definition) is 4. The number of rotatable bonds is 5. The molecule has 6 nitrogen and oxygen atoms in total. The van der Waals surface area contributed by atoms with Crippen molar-refractivity contribution >= 4 is 21.7 Å². The third kappa shape index (κ3) is 3.55. The minimum Gasteiger partial charge on any atom is -0.481 e. The number of carbonyl (C=O) groups excluding carboxylic acids is 1. The maximum absolute atomic E-state index is 12.4. The second-order valence-corrected chi connectivity index (χ2v) is 8.29. The summed E-state index contributed by atoms with van der Waals surface area (Å²) in [6, 6.07) is 5.85. The Hall–Kier alpha value is -1.89. The van der Waals surface area contributed by atoms with Gasteiger partial charge >= 0.3 is 5.97 Å². The predicted octanol–water partition coefficient (Wildman–Crippen LogP) is 1.81. The molecule has 1 N–H and O–H groups in total. The molecule has 1 aliphatic rings. The summed E-state index contributed by atoms with van der Waals surface area (Å²) < 4.78 is 23.9. The molecule has 7 heteroatoms. The summed E-state index contributed by atoms with van der Waals surface area (Å²) in [4.78, 5) is 25.4. The van der Waals surface area contributed by atoms with Gasteiger partial charge in [-0.05, 0) is 44.0 Å². The Labute approximate surface area is 136 Å². The molecular formula is C16H21NO5S. The molecule has 2 rings (SSSR count). The van der Waals surface area contributed by atoms with E-state index in [2.05, 4.69) is 0 Å². The Morgan fingerprint density at radius 3 is 2.35 bits per heavy atom. The quantitative estimate of drug-likeness (QED) is 0.883. The maximum Gasteiger partial charge on any atom is 0.311 e. The van der Waals surface area contributed by atoms with Crippen LogP contribution in [0.1, 0.15) is 37.0 Å². The molecule has 1 amide bonds. The molecule has 0 radical (unpaired) electrons. The lowest BCUT2D eigenvalue weighted by atomic mass is 9.90. The first kappa shape index (κ1) is 17.5. The predicted molar refractivity (Wildman–Crippen MR) is 85.0 cm³/mol. The summed E-state index contributed by atoms with van der Waals surface area (Å²) >= 11 is 0. The highest BCUT2D eigenvalue weighted by Crippen LogP contribution is 2.31. The molecule has 0 aromatic heterocycles. The average molecular weight is 339 g/mol.